The van der Waals surface area contributed by atoms with E-state index in [0.29, 0.717) is 0 Å². The smallest absolute Gasteiger partial charge is 0.0963 e. The number of aliphatic hydroxyl groups excluding tert-OH is 2. The van der Waals surface area contributed by atoms with Crippen molar-refractivity contribution in [3.63, 3.8) is 0 Å². The Balaban J connectivity index is 1.93. The predicted octanol–water partition coefficient (Wildman–Crippen LogP) is 2.92. The molecular weight excluding hydrogens is 288 g/mol. The molecule has 2 aromatic heterocycles. The molecule has 0 bridgehead atoms. The Morgan fingerprint density at radius 3 is 1.52 bits per heavy atom. The van der Waals surface area contributed by atoms with Gasteiger partial charge in [0, 0.05) is 22.4 Å². The lowest BCUT2D eigenvalue weighted by Gasteiger charge is -2.28. The molecule has 0 fully saturated rings. The minimum atomic E-state index is -0.891. The largest absolute Gasteiger partial charge is 0.395 e. The van der Waals surface area contributed by atoms with Crippen LogP contribution in [-0.2, 0) is 5.41 Å². The molecule has 0 amide bonds. The quantitative estimate of drug-likeness (QED) is 0.468. The Morgan fingerprint density at radius 2 is 1.13 bits per heavy atom. The number of nitrogens with one attached hydrogen (secondary N) is 2. The van der Waals surface area contributed by atoms with Gasteiger partial charge in [0.1, 0.15) is 0 Å². The van der Waals surface area contributed by atoms with Gasteiger partial charge in [-0.3, -0.25) is 0 Å². The van der Waals surface area contributed by atoms with Gasteiger partial charge < -0.3 is 20.2 Å². The Labute approximate surface area is 133 Å². The third-order valence-electron chi connectivity index (χ3n) is 4.63. The number of para-hydroxylation sites is 2. The summed E-state index contributed by atoms with van der Waals surface area (Å²) in [5.41, 5.74) is 2.69. The number of benzene rings is 2. The molecule has 0 atom stereocenters. The maximum atomic E-state index is 10.1. The number of H-pyrrole nitrogens is 2. The molecule has 4 rings (SSSR count). The van der Waals surface area contributed by atoms with Gasteiger partial charge in [-0.2, -0.15) is 0 Å². The van der Waals surface area contributed by atoms with Gasteiger partial charge in [0.15, 0.2) is 0 Å². The molecule has 0 saturated carbocycles. The van der Waals surface area contributed by atoms with Gasteiger partial charge in [-0.15, -0.1) is 0 Å². The van der Waals surface area contributed by atoms with Gasteiger partial charge in [-0.1, -0.05) is 36.4 Å². The zero-order valence-electron chi connectivity index (χ0n) is 12.6. The second kappa shape index (κ2) is 5.26. The van der Waals surface area contributed by atoms with Crippen LogP contribution in [0.4, 0.5) is 0 Å². The lowest BCUT2D eigenvalue weighted by atomic mass is 9.82. The average Bonchev–Trinajstić information content (AvgIpc) is 3.21. The summed E-state index contributed by atoms with van der Waals surface area (Å²) in [6.07, 6.45) is 0. The van der Waals surface area contributed by atoms with E-state index in [4.69, 9.17) is 0 Å². The van der Waals surface area contributed by atoms with Crippen LogP contribution in [0.3, 0.4) is 0 Å². The van der Waals surface area contributed by atoms with E-state index in [-0.39, 0.29) is 13.2 Å². The zero-order chi connectivity index (χ0) is 15.9. The number of fused-ring (bicyclic) bond motifs is 2. The molecule has 0 saturated heterocycles. The molecule has 4 heteroatoms. The van der Waals surface area contributed by atoms with Gasteiger partial charge in [0.2, 0.25) is 0 Å². The first-order chi connectivity index (χ1) is 11.3. The maximum Gasteiger partial charge on any atom is 0.0963 e. The number of aliphatic hydroxyl groups is 2. The van der Waals surface area contributed by atoms with Crippen molar-refractivity contribution in [3.05, 3.63) is 72.1 Å². The van der Waals surface area contributed by atoms with E-state index in [9.17, 15) is 10.2 Å². The van der Waals surface area contributed by atoms with E-state index in [1.54, 1.807) is 0 Å². The highest BCUT2D eigenvalue weighted by molar-refractivity contribution is 5.83. The highest BCUT2D eigenvalue weighted by Crippen LogP contribution is 2.34. The number of hydrogen-bond acceptors (Lipinski definition) is 2. The Hall–Kier alpha value is -2.56. The lowest BCUT2D eigenvalue weighted by molar-refractivity contribution is 0.138. The van der Waals surface area contributed by atoms with Crippen LogP contribution >= 0.6 is 0 Å². The lowest BCUT2D eigenvalue weighted by Crippen LogP contribution is -2.37. The molecule has 2 heterocycles. The number of hydrogen-bond donors (Lipinski definition) is 4. The van der Waals surface area contributed by atoms with Crippen LogP contribution in [0.2, 0.25) is 0 Å². The van der Waals surface area contributed by atoms with Crippen LogP contribution in [0, 0.1) is 0 Å². The van der Waals surface area contributed by atoms with Crippen LogP contribution in [0.1, 0.15) is 11.4 Å². The molecule has 0 unspecified atom stereocenters. The number of aromatic nitrogens is 2. The van der Waals surface area contributed by atoms with Crippen molar-refractivity contribution in [2.24, 2.45) is 0 Å². The van der Waals surface area contributed by atoms with E-state index in [1.165, 1.54) is 0 Å². The minimum Gasteiger partial charge on any atom is -0.395 e. The molecule has 4 aromatic rings. The van der Waals surface area contributed by atoms with Gasteiger partial charge in [-0.25, -0.2) is 0 Å². The monoisotopic (exact) mass is 306 g/mol. The van der Waals surface area contributed by atoms with Crippen molar-refractivity contribution >= 4 is 21.8 Å². The van der Waals surface area contributed by atoms with Crippen molar-refractivity contribution in [2.75, 3.05) is 13.2 Å². The van der Waals surface area contributed by atoms with E-state index in [2.05, 4.69) is 9.97 Å². The first-order valence-electron chi connectivity index (χ1n) is 7.65. The second-order valence-electron chi connectivity index (χ2n) is 5.94. The third kappa shape index (κ3) is 2.07. The summed E-state index contributed by atoms with van der Waals surface area (Å²) >= 11 is 0. The van der Waals surface area contributed by atoms with Crippen LogP contribution in [0.25, 0.3) is 21.8 Å². The van der Waals surface area contributed by atoms with Crippen molar-refractivity contribution in [1.29, 1.82) is 0 Å². The van der Waals surface area contributed by atoms with Crippen molar-refractivity contribution in [2.45, 2.75) is 5.41 Å². The zero-order valence-corrected chi connectivity index (χ0v) is 12.6. The first kappa shape index (κ1) is 14.1. The minimum absolute atomic E-state index is 0.191. The van der Waals surface area contributed by atoms with Gasteiger partial charge >= 0.3 is 0 Å². The van der Waals surface area contributed by atoms with Crippen LogP contribution < -0.4 is 0 Å². The molecule has 0 aliphatic rings. The maximum absolute atomic E-state index is 10.1. The fraction of sp³-hybridized carbons (Fsp3) is 0.158. The van der Waals surface area contributed by atoms with Crippen LogP contribution in [-0.4, -0.2) is 33.4 Å². The summed E-state index contributed by atoms with van der Waals surface area (Å²) in [6.45, 7) is -0.383. The number of rotatable bonds is 4. The normalized spacial score (nSPS) is 12.3. The van der Waals surface area contributed by atoms with Gasteiger partial charge in [0.25, 0.3) is 0 Å². The van der Waals surface area contributed by atoms with Crippen molar-refractivity contribution < 1.29 is 10.2 Å². The molecule has 2 aromatic carbocycles. The number of aromatic amines is 2. The fourth-order valence-electron chi connectivity index (χ4n) is 3.20. The predicted molar refractivity (Wildman–Crippen MR) is 91.5 cm³/mol. The molecule has 4 N–H and O–H groups in total. The Morgan fingerprint density at radius 1 is 0.696 bits per heavy atom. The summed E-state index contributed by atoms with van der Waals surface area (Å²) in [4.78, 5) is 6.68. The Bertz CT molecular complexity index is 822. The third-order valence-corrected chi connectivity index (χ3v) is 4.63. The summed E-state index contributed by atoms with van der Waals surface area (Å²) in [5.74, 6) is 0. The molecule has 116 valence electrons. The standard InChI is InChI=1S/C19H18N2O2/c22-11-19(12-23,17-9-13-5-1-3-7-15(13)20-17)18-10-14-6-2-4-8-16(14)21-18/h1-10,20-23H,11-12H2. The van der Waals surface area contributed by atoms with Crippen molar-refractivity contribution in [1.82, 2.24) is 9.97 Å². The van der Waals surface area contributed by atoms with E-state index in [0.717, 1.165) is 33.2 Å². The molecular formula is C19H18N2O2. The molecule has 0 spiro atoms. The molecule has 23 heavy (non-hydrogen) atoms. The van der Waals surface area contributed by atoms with Crippen LogP contribution in [0.15, 0.2) is 60.7 Å². The Kier molecular flexibility index (Phi) is 3.22. The highest BCUT2D eigenvalue weighted by atomic mass is 16.3. The van der Waals surface area contributed by atoms with Crippen molar-refractivity contribution in [3.8, 4) is 0 Å². The summed E-state index contributed by atoms with van der Waals surface area (Å²) in [7, 11) is 0. The molecule has 0 aliphatic carbocycles. The van der Waals surface area contributed by atoms with Gasteiger partial charge in [0.05, 0.1) is 18.6 Å². The second-order valence-corrected chi connectivity index (χ2v) is 5.94. The van der Waals surface area contributed by atoms with Crippen LogP contribution in [0.5, 0.6) is 0 Å². The fourth-order valence-corrected chi connectivity index (χ4v) is 3.20. The van der Waals surface area contributed by atoms with E-state index < -0.39 is 5.41 Å². The van der Waals surface area contributed by atoms with E-state index >= 15 is 0 Å². The molecule has 4 nitrogen and oxygen atoms in total. The van der Waals surface area contributed by atoms with E-state index in [1.807, 2.05) is 60.7 Å². The summed E-state index contributed by atoms with van der Waals surface area (Å²) in [5, 5.41) is 22.4. The topological polar surface area (TPSA) is 72.0 Å². The molecule has 0 radical (unpaired) electrons. The summed E-state index contributed by atoms with van der Waals surface area (Å²) in [6, 6.07) is 19.9. The highest BCUT2D eigenvalue weighted by Gasteiger charge is 2.36. The first-order valence-corrected chi connectivity index (χ1v) is 7.65. The molecule has 0 aliphatic heterocycles. The average molecular weight is 306 g/mol. The summed E-state index contributed by atoms with van der Waals surface area (Å²) < 4.78 is 0. The SMILES string of the molecule is OCC(CO)(c1cc2ccccc2[nH]1)c1cc2ccccc2[nH]1. The van der Waals surface area contributed by atoms with Gasteiger partial charge in [-0.05, 0) is 35.0 Å².